The highest BCUT2D eigenvalue weighted by Crippen LogP contribution is 2.14. The molecule has 2 nitrogen and oxygen atoms in total. The first-order valence-electron chi connectivity index (χ1n) is 8.12. The van der Waals surface area contributed by atoms with Crippen LogP contribution in [0.4, 0.5) is 0 Å². The molecule has 0 aliphatic heterocycles. The van der Waals surface area contributed by atoms with Crippen molar-refractivity contribution in [1.29, 1.82) is 0 Å². The first-order valence-corrected chi connectivity index (χ1v) is 8.12. The van der Waals surface area contributed by atoms with Crippen LogP contribution < -0.4 is 0 Å². The minimum Gasteiger partial charge on any atom is -0.463 e. The number of hydrogen-bond donors (Lipinski definition) is 0. The Bertz CT molecular complexity index is 244. The molecule has 0 aliphatic carbocycles. The number of ether oxygens (including phenoxy) is 1. The molecule has 0 aromatic heterocycles. The van der Waals surface area contributed by atoms with Crippen LogP contribution in [-0.2, 0) is 9.53 Å². The van der Waals surface area contributed by atoms with Crippen LogP contribution >= 0.6 is 0 Å². The van der Waals surface area contributed by atoms with Gasteiger partial charge in [-0.2, -0.15) is 0 Å². The second-order valence-electron chi connectivity index (χ2n) is 5.08. The fourth-order valence-corrected chi connectivity index (χ4v) is 2.21. The summed E-state index contributed by atoms with van der Waals surface area (Å²) in [6, 6.07) is 0. The Kier molecular flexibility index (Phi) is 13.1. The van der Waals surface area contributed by atoms with Gasteiger partial charge in [-0.05, 0) is 26.2 Å². The number of unbranched alkanes of at least 4 members (excludes halogenated alkanes) is 7. The largest absolute Gasteiger partial charge is 0.463 e. The van der Waals surface area contributed by atoms with Crippen LogP contribution in [0.25, 0.3) is 0 Å². The van der Waals surface area contributed by atoms with E-state index in [0.717, 1.165) is 24.8 Å². The van der Waals surface area contributed by atoms with Gasteiger partial charge >= 0.3 is 5.97 Å². The van der Waals surface area contributed by atoms with E-state index in [4.69, 9.17) is 4.74 Å². The molecule has 0 saturated heterocycles. The summed E-state index contributed by atoms with van der Waals surface area (Å²) in [6.45, 7) is 6.64. The molecule has 0 aromatic carbocycles. The van der Waals surface area contributed by atoms with Crippen molar-refractivity contribution in [3.63, 3.8) is 0 Å². The van der Waals surface area contributed by atoms with Crippen molar-refractivity contribution in [2.75, 3.05) is 6.61 Å². The first-order chi connectivity index (χ1) is 9.26. The van der Waals surface area contributed by atoms with Gasteiger partial charge < -0.3 is 4.74 Å². The molecule has 0 aliphatic rings. The zero-order valence-electron chi connectivity index (χ0n) is 13.2. The number of allylic oxidation sites excluding steroid dienone is 1. The molecular weight excluding hydrogens is 236 g/mol. The Balaban J connectivity index is 3.65. The van der Waals surface area contributed by atoms with E-state index in [-0.39, 0.29) is 5.97 Å². The summed E-state index contributed by atoms with van der Waals surface area (Å²) in [5.41, 5.74) is 0.871. The van der Waals surface area contributed by atoms with Gasteiger partial charge in [-0.25, -0.2) is 4.79 Å². The molecule has 0 radical (unpaired) electrons. The van der Waals surface area contributed by atoms with Gasteiger partial charge in [0.05, 0.1) is 6.61 Å². The SMILES string of the molecule is CCC=C(CCCCCCCCCC)C(=O)OCC. The predicted molar refractivity (Wildman–Crippen MR) is 82.2 cm³/mol. The highest BCUT2D eigenvalue weighted by Gasteiger charge is 2.08. The van der Waals surface area contributed by atoms with Gasteiger partial charge in [-0.1, -0.05) is 64.9 Å². The lowest BCUT2D eigenvalue weighted by Crippen LogP contribution is -2.07. The Morgan fingerprint density at radius 2 is 1.47 bits per heavy atom. The molecule has 19 heavy (non-hydrogen) atoms. The molecule has 0 fully saturated rings. The Morgan fingerprint density at radius 3 is 2.00 bits per heavy atom. The normalized spacial score (nSPS) is 11.6. The minimum atomic E-state index is -0.118. The average molecular weight is 268 g/mol. The number of carbonyl (C=O) groups is 1. The molecule has 2 heteroatoms. The van der Waals surface area contributed by atoms with Crippen LogP contribution in [0.5, 0.6) is 0 Å². The van der Waals surface area contributed by atoms with Crippen molar-refractivity contribution in [1.82, 2.24) is 0 Å². The average Bonchev–Trinajstić information content (AvgIpc) is 2.40. The number of rotatable bonds is 12. The van der Waals surface area contributed by atoms with Crippen LogP contribution in [0.3, 0.4) is 0 Å². The predicted octanol–water partition coefficient (Wildman–Crippen LogP) is 5.42. The summed E-state index contributed by atoms with van der Waals surface area (Å²) < 4.78 is 5.07. The fourth-order valence-electron chi connectivity index (χ4n) is 2.21. The zero-order valence-corrected chi connectivity index (χ0v) is 13.2. The van der Waals surface area contributed by atoms with E-state index in [9.17, 15) is 4.79 Å². The van der Waals surface area contributed by atoms with Crippen molar-refractivity contribution in [3.05, 3.63) is 11.6 Å². The molecular formula is C17H32O2. The van der Waals surface area contributed by atoms with E-state index in [2.05, 4.69) is 13.8 Å². The van der Waals surface area contributed by atoms with E-state index in [0.29, 0.717) is 6.61 Å². The highest BCUT2D eigenvalue weighted by atomic mass is 16.5. The van der Waals surface area contributed by atoms with E-state index in [1.54, 1.807) is 0 Å². The monoisotopic (exact) mass is 268 g/mol. The lowest BCUT2D eigenvalue weighted by Gasteiger charge is -2.07. The summed E-state index contributed by atoms with van der Waals surface area (Å²) in [6.07, 6.45) is 14.2. The van der Waals surface area contributed by atoms with Crippen molar-refractivity contribution in [3.8, 4) is 0 Å². The van der Waals surface area contributed by atoms with Crippen molar-refractivity contribution in [2.45, 2.75) is 85.0 Å². The van der Waals surface area contributed by atoms with Crippen LogP contribution in [0.15, 0.2) is 11.6 Å². The van der Waals surface area contributed by atoms with Gasteiger partial charge in [0.25, 0.3) is 0 Å². The maximum atomic E-state index is 11.7. The van der Waals surface area contributed by atoms with Gasteiger partial charge in [0.1, 0.15) is 0 Å². The topological polar surface area (TPSA) is 26.3 Å². The van der Waals surface area contributed by atoms with Crippen molar-refractivity contribution >= 4 is 5.97 Å². The molecule has 0 heterocycles. The van der Waals surface area contributed by atoms with Crippen LogP contribution in [-0.4, -0.2) is 12.6 Å². The van der Waals surface area contributed by atoms with Crippen LogP contribution in [0.1, 0.15) is 85.0 Å². The summed E-state index contributed by atoms with van der Waals surface area (Å²) >= 11 is 0. The molecule has 0 N–H and O–H groups in total. The Labute approximate surface area is 119 Å². The molecule has 0 bridgehead atoms. The van der Waals surface area contributed by atoms with Crippen molar-refractivity contribution in [2.24, 2.45) is 0 Å². The lowest BCUT2D eigenvalue weighted by molar-refractivity contribution is -0.138. The molecule has 0 aromatic rings. The third kappa shape index (κ3) is 10.8. The Hall–Kier alpha value is -0.790. The van der Waals surface area contributed by atoms with E-state index in [1.807, 2.05) is 13.0 Å². The summed E-state index contributed by atoms with van der Waals surface area (Å²) in [4.78, 5) is 11.7. The van der Waals surface area contributed by atoms with Crippen LogP contribution in [0.2, 0.25) is 0 Å². The number of carbonyl (C=O) groups excluding carboxylic acids is 1. The quantitative estimate of drug-likeness (QED) is 0.268. The maximum Gasteiger partial charge on any atom is 0.333 e. The maximum absolute atomic E-state index is 11.7. The van der Waals surface area contributed by atoms with Gasteiger partial charge in [0.15, 0.2) is 0 Å². The summed E-state index contributed by atoms with van der Waals surface area (Å²) in [5.74, 6) is -0.118. The summed E-state index contributed by atoms with van der Waals surface area (Å²) in [7, 11) is 0. The lowest BCUT2D eigenvalue weighted by atomic mass is 10.0. The second-order valence-corrected chi connectivity index (χ2v) is 5.08. The van der Waals surface area contributed by atoms with Crippen LogP contribution in [0, 0.1) is 0 Å². The van der Waals surface area contributed by atoms with Crippen molar-refractivity contribution < 1.29 is 9.53 Å². The smallest absolute Gasteiger partial charge is 0.333 e. The Morgan fingerprint density at radius 1 is 0.895 bits per heavy atom. The molecule has 0 unspecified atom stereocenters. The third-order valence-electron chi connectivity index (χ3n) is 3.29. The van der Waals surface area contributed by atoms with Gasteiger partial charge in [0.2, 0.25) is 0 Å². The van der Waals surface area contributed by atoms with Gasteiger partial charge in [-0.3, -0.25) is 0 Å². The van der Waals surface area contributed by atoms with Gasteiger partial charge in [-0.15, -0.1) is 0 Å². The molecule has 0 atom stereocenters. The zero-order chi connectivity index (χ0) is 14.3. The number of esters is 1. The third-order valence-corrected chi connectivity index (χ3v) is 3.29. The second kappa shape index (κ2) is 13.6. The first kappa shape index (κ1) is 18.2. The van der Waals surface area contributed by atoms with E-state index < -0.39 is 0 Å². The molecule has 0 spiro atoms. The van der Waals surface area contributed by atoms with E-state index in [1.165, 1.54) is 44.9 Å². The highest BCUT2D eigenvalue weighted by molar-refractivity contribution is 5.88. The van der Waals surface area contributed by atoms with E-state index >= 15 is 0 Å². The molecule has 112 valence electrons. The summed E-state index contributed by atoms with van der Waals surface area (Å²) in [5, 5.41) is 0. The molecule has 0 saturated carbocycles. The fraction of sp³-hybridized carbons (Fsp3) is 0.824. The molecule has 0 amide bonds. The van der Waals surface area contributed by atoms with Gasteiger partial charge in [0, 0.05) is 5.57 Å². The molecule has 0 rings (SSSR count). The minimum absolute atomic E-state index is 0.118. The standard InChI is InChI=1S/C17H32O2/c1-4-7-8-9-10-11-12-13-15-16(14-5-2)17(18)19-6-3/h14H,4-13,15H2,1-3H3. The number of hydrogen-bond acceptors (Lipinski definition) is 2.